The molecular formula is C30H39BF2N5O4U-. The molecule has 230 valence electrons. The van der Waals surface area contributed by atoms with Crippen molar-refractivity contribution in [2.75, 3.05) is 11.9 Å². The van der Waals surface area contributed by atoms with Gasteiger partial charge in [-0.3, -0.25) is 14.3 Å². The summed E-state index contributed by atoms with van der Waals surface area (Å²) in [5.74, 6) is -6.56. The predicted octanol–water partition coefficient (Wildman–Crippen LogP) is 3.86. The zero-order valence-corrected chi connectivity index (χ0v) is 29.2. The maximum absolute atomic E-state index is 14.4. The Labute approximate surface area is 277 Å². The third-order valence-electron chi connectivity index (χ3n) is 7.10. The molecule has 0 bridgehead atoms. The molecule has 2 aromatic rings. The van der Waals surface area contributed by atoms with E-state index in [1.54, 1.807) is 19.1 Å². The zero-order valence-electron chi connectivity index (χ0n) is 25.0. The molecule has 2 amide bonds. The van der Waals surface area contributed by atoms with E-state index in [0.717, 1.165) is 24.4 Å². The summed E-state index contributed by atoms with van der Waals surface area (Å²) in [7, 11) is 5.23. The van der Waals surface area contributed by atoms with Crippen LogP contribution in [0, 0.1) is 37.2 Å². The van der Waals surface area contributed by atoms with Crippen LogP contribution in [0.1, 0.15) is 82.3 Å². The molecular weight excluding hydrogens is 781 g/mol. The number of alkyl halides is 2. The third kappa shape index (κ3) is 10.3. The Hall–Kier alpha value is -2.45. The van der Waals surface area contributed by atoms with E-state index in [1.165, 1.54) is 17.0 Å². The molecule has 0 unspecified atom stereocenters. The average molecular weight is 821 g/mol. The third-order valence-corrected chi connectivity index (χ3v) is 7.10. The predicted molar refractivity (Wildman–Crippen MR) is 157 cm³/mol. The SMILES string of the molecule is C/C=C\C.[B]C(O)(O)Nc1[c-]c([C@@H]2[C@H](NC(=O)C(=C)CC)CCN2C(=O)Cn2nc(C3CC3)cc2C(C)(F)F)ccc1.[U]. The first kappa shape index (κ1) is 36.7. The second-order valence-corrected chi connectivity index (χ2v) is 10.7. The van der Waals surface area contributed by atoms with Crippen LogP contribution >= 0.6 is 0 Å². The summed E-state index contributed by atoms with van der Waals surface area (Å²) in [5, 5.41) is 28.6. The van der Waals surface area contributed by atoms with E-state index in [9.17, 15) is 28.6 Å². The standard InChI is InChI=1S/C26H31BF2N5O4.C4H8.U/c1-4-15(2)24(36)30-19-10-11-33(23(19)17-6-5-7-18(12-17)31-26(27,37)38)22(35)14-34-21(25(3,28)29)13-20(32-34)16-8-9-16;1-3-4-2;/h5-7,13,16,19,23,31,37-38H,2,4,8-11,14H2,1,3H3,(H,30,36);3-4H,1-2H3;/q-1;;/b;4-3-;/t19-,23-;;/m1../s1. The fourth-order valence-corrected chi connectivity index (χ4v) is 4.68. The van der Waals surface area contributed by atoms with Crippen molar-refractivity contribution in [3.8, 4) is 0 Å². The van der Waals surface area contributed by atoms with Crippen molar-refractivity contribution in [2.24, 2.45) is 0 Å². The minimum Gasteiger partial charge on any atom is -0.367 e. The van der Waals surface area contributed by atoms with E-state index in [0.29, 0.717) is 29.7 Å². The van der Waals surface area contributed by atoms with E-state index in [1.807, 2.05) is 26.0 Å². The average Bonchev–Trinajstić information content (AvgIpc) is 3.54. The van der Waals surface area contributed by atoms with Crippen LogP contribution in [0.15, 0.2) is 48.6 Å². The van der Waals surface area contributed by atoms with Crippen LogP contribution in [-0.4, -0.2) is 63.0 Å². The summed E-state index contributed by atoms with van der Waals surface area (Å²) in [6.45, 7) is 10.2. The van der Waals surface area contributed by atoms with Gasteiger partial charge in [-0.2, -0.15) is 32.1 Å². The van der Waals surface area contributed by atoms with Gasteiger partial charge in [0.2, 0.25) is 11.8 Å². The Bertz CT molecular complexity index is 1300. The molecule has 2 heterocycles. The van der Waals surface area contributed by atoms with E-state index < -0.39 is 36.3 Å². The van der Waals surface area contributed by atoms with Crippen LogP contribution in [-0.2, 0) is 22.1 Å². The fourth-order valence-electron chi connectivity index (χ4n) is 4.68. The quantitative estimate of drug-likeness (QED) is 0.0952. The number of hydrogen-bond acceptors (Lipinski definition) is 6. The molecule has 2 fully saturated rings. The Morgan fingerprint density at radius 1 is 1.23 bits per heavy atom. The first-order valence-corrected chi connectivity index (χ1v) is 14.0. The molecule has 2 radical (unpaired) electrons. The van der Waals surface area contributed by atoms with E-state index in [-0.39, 0.29) is 60.9 Å². The number of aromatic nitrogens is 2. The summed E-state index contributed by atoms with van der Waals surface area (Å²) in [6, 6.07) is 7.89. The minimum absolute atomic E-state index is 0. The summed E-state index contributed by atoms with van der Waals surface area (Å²) in [5.41, 5.74) is 1.21. The summed E-state index contributed by atoms with van der Waals surface area (Å²) < 4.78 is 29.8. The van der Waals surface area contributed by atoms with E-state index >= 15 is 0 Å². The number of halogens is 2. The molecule has 1 aromatic heterocycles. The number of nitrogens with zero attached hydrogens (tertiary/aromatic N) is 3. The second-order valence-electron chi connectivity index (χ2n) is 10.7. The Balaban J connectivity index is 0.00000121. The number of aliphatic hydroxyl groups is 2. The number of carbonyl (C=O) groups is 2. The Morgan fingerprint density at radius 3 is 2.42 bits per heavy atom. The molecule has 43 heavy (non-hydrogen) atoms. The maximum atomic E-state index is 14.4. The normalized spacial score (nSPS) is 18.5. The van der Waals surface area contributed by atoms with Crippen LogP contribution in [0.4, 0.5) is 14.5 Å². The van der Waals surface area contributed by atoms with Gasteiger partial charge in [0.25, 0.3) is 5.92 Å². The van der Waals surface area contributed by atoms with E-state index in [2.05, 4.69) is 28.4 Å². The monoisotopic (exact) mass is 820 g/mol. The van der Waals surface area contributed by atoms with Crippen LogP contribution < -0.4 is 10.6 Å². The molecule has 2 atom stereocenters. The van der Waals surface area contributed by atoms with Gasteiger partial charge in [0, 0.05) is 56.1 Å². The molecule has 2 aliphatic rings. The van der Waals surface area contributed by atoms with Crippen LogP contribution in [0.5, 0.6) is 0 Å². The van der Waals surface area contributed by atoms with Crippen molar-refractivity contribution in [2.45, 2.75) is 89.7 Å². The molecule has 1 saturated heterocycles. The number of carbonyl (C=O) groups excluding carboxylic acids is 2. The molecule has 1 aliphatic heterocycles. The van der Waals surface area contributed by atoms with Gasteiger partial charge < -0.3 is 25.7 Å². The summed E-state index contributed by atoms with van der Waals surface area (Å²) >= 11 is 0. The first-order chi connectivity index (χ1) is 19.7. The number of anilines is 1. The second kappa shape index (κ2) is 15.5. The zero-order chi connectivity index (χ0) is 31.2. The number of benzene rings is 1. The van der Waals surface area contributed by atoms with Gasteiger partial charge in [-0.05, 0) is 45.6 Å². The molecule has 1 aromatic carbocycles. The van der Waals surface area contributed by atoms with Gasteiger partial charge in [0.15, 0.2) is 13.7 Å². The van der Waals surface area contributed by atoms with Gasteiger partial charge in [-0.25, -0.2) is 0 Å². The molecule has 1 aliphatic carbocycles. The van der Waals surface area contributed by atoms with Crippen molar-refractivity contribution < 1.29 is 59.7 Å². The number of likely N-dealkylation sites (tertiary alicyclic amines) is 1. The summed E-state index contributed by atoms with van der Waals surface area (Å²) in [4.78, 5) is 27.7. The van der Waals surface area contributed by atoms with E-state index in [4.69, 9.17) is 7.85 Å². The molecule has 0 spiro atoms. The molecule has 1 saturated carbocycles. The fraction of sp³-hybridized carbons (Fsp3) is 0.500. The maximum Gasteiger partial charge on any atom is 0.286 e. The van der Waals surface area contributed by atoms with Crippen LogP contribution in [0.2, 0.25) is 0 Å². The number of amides is 2. The number of rotatable bonds is 10. The molecule has 4 N–H and O–H groups in total. The number of allylic oxidation sites excluding steroid dienone is 2. The number of nitrogens with one attached hydrogen (secondary N) is 2. The molecule has 13 heteroatoms. The van der Waals surface area contributed by atoms with Crippen molar-refractivity contribution in [3.63, 3.8) is 0 Å². The number of hydrogen-bond donors (Lipinski definition) is 4. The Kier molecular flexibility index (Phi) is 13.3. The largest absolute Gasteiger partial charge is 0.367 e. The Morgan fingerprint density at radius 2 is 1.88 bits per heavy atom. The van der Waals surface area contributed by atoms with Gasteiger partial charge in [0.1, 0.15) is 12.2 Å². The van der Waals surface area contributed by atoms with Gasteiger partial charge in [-0.1, -0.05) is 31.3 Å². The van der Waals surface area contributed by atoms with Gasteiger partial charge >= 0.3 is 0 Å². The molecule has 9 nitrogen and oxygen atoms in total. The minimum atomic E-state index is -3.18. The van der Waals surface area contributed by atoms with Crippen molar-refractivity contribution in [3.05, 3.63) is 71.6 Å². The van der Waals surface area contributed by atoms with Gasteiger partial charge in [0.05, 0.1) is 17.8 Å². The van der Waals surface area contributed by atoms with Crippen molar-refractivity contribution in [1.29, 1.82) is 0 Å². The molecule has 4 rings (SSSR count). The van der Waals surface area contributed by atoms with Crippen molar-refractivity contribution >= 4 is 25.3 Å². The summed E-state index contributed by atoms with van der Waals surface area (Å²) in [6.07, 6.45) is 6.60. The first-order valence-electron chi connectivity index (χ1n) is 14.0. The van der Waals surface area contributed by atoms with Crippen LogP contribution in [0.25, 0.3) is 0 Å². The van der Waals surface area contributed by atoms with Crippen LogP contribution in [0.3, 0.4) is 0 Å². The van der Waals surface area contributed by atoms with Crippen molar-refractivity contribution in [1.82, 2.24) is 20.0 Å². The van der Waals surface area contributed by atoms with Gasteiger partial charge in [-0.15, -0.1) is 11.6 Å². The smallest absolute Gasteiger partial charge is 0.286 e. The topological polar surface area (TPSA) is 120 Å².